The van der Waals surface area contributed by atoms with Gasteiger partial charge in [0.2, 0.25) is 5.91 Å². The Hall–Kier alpha value is -2.62. The first kappa shape index (κ1) is 18.2. The molecule has 0 heterocycles. The Morgan fingerprint density at radius 1 is 0.923 bits per heavy atom. The van der Waals surface area contributed by atoms with Crippen molar-refractivity contribution in [3.63, 3.8) is 0 Å². The van der Waals surface area contributed by atoms with Crippen LogP contribution in [0, 0.1) is 5.92 Å². The van der Waals surface area contributed by atoms with Gasteiger partial charge in [-0.3, -0.25) is 4.79 Å². The molecule has 0 radical (unpaired) electrons. The van der Waals surface area contributed by atoms with E-state index < -0.39 is 17.9 Å². The fourth-order valence-electron chi connectivity index (χ4n) is 3.89. The van der Waals surface area contributed by atoms with Crippen LogP contribution in [0.15, 0.2) is 60.7 Å². The van der Waals surface area contributed by atoms with Gasteiger partial charge in [0, 0.05) is 12.3 Å². The Morgan fingerprint density at radius 3 is 1.88 bits per heavy atom. The van der Waals surface area contributed by atoms with E-state index in [2.05, 4.69) is 5.32 Å². The summed E-state index contributed by atoms with van der Waals surface area (Å²) in [6.07, 6.45) is 4.87. The largest absolute Gasteiger partial charge is 0.480 e. The van der Waals surface area contributed by atoms with E-state index in [0.717, 1.165) is 36.8 Å². The maximum Gasteiger partial charge on any atom is 0.327 e. The molecule has 0 bridgehead atoms. The summed E-state index contributed by atoms with van der Waals surface area (Å²) < 4.78 is 0. The molecule has 4 heteroatoms. The maximum atomic E-state index is 12.5. The van der Waals surface area contributed by atoms with Gasteiger partial charge in [-0.1, -0.05) is 73.5 Å². The molecule has 1 atom stereocenters. The molecule has 2 aromatic rings. The number of amides is 1. The third-order valence-electron chi connectivity index (χ3n) is 5.18. The number of rotatable bonds is 7. The van der Waals surface area contributed by atoms with Crippen LogP contribution in [-0.2, 0) is 9.59 Å². The molecule has 0 unspecified atom stereocenters. The third kappa shape index (κ3) is 4.51. The van der Waals surface area contributed by atoms with Crippen LogP contribution < -0.4 is 5.32 Å². The quantitative estimate of drug-likeness (QED) is 0.793. The molecule has 1 aliphatic rings. The Bertz CT molecular complexity index is 684. The van der Waals surface area contributed by atoms with Gasteiger partial charge in [-0.15, -0.1) is 0 Å². The molecule has 3 rings (SSSR count). The molecule has 0 aliphatic heterocycles. The van der Waals surface area contributed by atoms with E-state index in [-0.39, 0.29) is 5.91 Å². The number of hydrogen-bond acceptors (Lipinski definition) is 2. The van der Waals surface area contributed by atoms with Gasteiger partial charge in [-0.05, 0) is 29.9 Å². The second kappa shape index (κ2) is 8.65. The summed E-state index contributed by atoms with van der Waals surface area (Å²) in [5.41, 5.74) is 1.76. The summed E-state index contributed by atoms with van der Waals surface area (Å²) in [4.78, 5) is 24.6. The van der Waals surface area contributed by atoms with Crippen LogP contribution in [-0.4, -0.2) is 23.0 Å². The Kier molecular flexibility index (Phi) is 6.05. The molecule has 0 saturated heterocycles. The molecule has 2 N–H and O–H groups in total. The summed E-state index contributed by atoms with van der Waals surface area (Å²) in [6, 6.07) is 18.0. The Balaban J connectivity index is 1.85. The predicted octanol–water partition coefficient (Wildman–Crippen LogP) is 3.97. The van der Waals surface area contributed by atoms with Crippen molar-refractivity contribution in [2.45, 2.75) is 44.1 Å². The van der Waals surface area contributed by atoms with Crippen molar-refractivity contribution in [1.82, 2.24) is 5.32 Å². The van der Waals surface area contributed by atoms with Crippen molar-refractivity contribution in [1.29, 1.82) is 0 Å². The van der Waals surface area contributed by atoms with Crippen LogP contribution >= 0.6 is 0 Å². The van der Waals surface area contributed by atoms with Gasteiger partial charge in [-0.2, -0.15) is 0 Å². The van der Waals surface area contributed by atoms with Crippen LogP contribution in [0.4, 0.5) is 0 Å². The summed E-state index contributed by atoms with van der Waals surface area (Å²) in [5.74, 6) is -1.22. The minimum absolute atomic E-state index is 0.166. The zero-order valence-electron chi connectivity index (χ0n) is 14.8. The average Bonchev–Trinajstić information content (AvgIpc) is 3.16. The highest BCUT2D eigenvalue weighted by molar-refractivity contribution is 5.85. The van der Waals surface area contributed by atoms with Crippen LogP contribution in [0.5, 0.6) is 0 Å². The normalized spacial score (nSPS) is 15.7. The van der Waals surface area contributed by atoms with Gasteiger partial charge in [-0.25, -0.2) is 4.79 Å². The summed E-state index contributed by atoms with van der Waals surface area (Å²) >= 11 is 0. The Labute approximate surface area is 154 Å². The van der Waals surface area contributed by atoms with Crippen molar-refractivity contribution in [3.8, 4) is 0 Å². The highest BCUT2D eigenvalue weighted by atomic mass is 16.4. The van der Waals surface area contributed by atoms with Crippen molar-refractivity contribution < 1.29 is 14.7 Å². The molecule has 4 nitrogen and oxygen atoms in total. The van der Waals surface area contributed by atoms with Gasteiger partial charge in [0.1, 0.15) is 6.04 Å². The van der Waals surface area contributed by atoms with Crippen LogP contribution in [0.2, 0.25) is 0 Å². The lowest BCUT2D eigenvalue weighted by Crippen LogP contribution is -2.45. The SMILES string of the molecule is O=C(CC1CCCC1)N[C@H](C(=O)O)C(c1ccccc1)c1ccccc1. The Morgan fingerprint density at radius 2 is 1.42 bits per heavy atom. The van der Waals surface area contributed by atoms with E-state index in [4.69, 9.17) is 0 Å². The first-order valence-electron chi connectivity index (χ1n) is 9.27. The van der Waals surface area contributed by atoms with E-state index in [1.54, 1.807) is 0 Å². The van der Waals surface area contributed by atoms with Gasteiger partial charge < -0.3 is 10.4 Å². The fourth-order valence-corrected chi connectivity index (χ4v) is 3.89. The molecule has 1 aliphatic carbocycles. The van der Waals surface area contributed by atoms with Gasteiger partial charge in [0.15, 0.2) is 0 Å². The predicted molar refractivity (Wildman–Crippen MR) is 101 cm³/mol. The number of carbonyl (C=O) groups excluding carboxylic acids is 1. The highest BCUT2D eigenvalue weighted by Gasteiger charge is 2.32. The average molecular weight is 351 g/mol. The van der Waals surface area contributed by atoms with E-state index in [0.29, 0.717) is 12.3 Å². The van der Waals surface area contributed by atoms with Crippen molar-refractivity contribution in [3.05, 3.63) is 71.8 Å². The van der Waals surface area contributed by atoms with Crippen molar-refractivity contribution in [2.24, 2.45) is 5.92 Å². The molecule has 1 fully saturated rings. The molecule has 1 amide bonds. The smallest absolute Gasteiger partial charge is 0.327 e. The molecule has 0 aromatic heterocycles. The van der Waals surface area contributed by atoms with Crippen molar-refractivity contribution in [2.75, 3.05) is 0 Å². The second-order valence-electron chi connectivity index (χ2n) is 7.04. The molecule has 26 heavy (non-hydrogen) atoms. The topological polar surface area (TPSA) is 66.4 Å². The lowest BCUT2D eigenvalue weighted by Gasteiger charge is -2.26. The summed E-state index contributed by atoms with van der Waals surface area (Å²) in [6.45, 7) is 0. The third-order valence-corrected chi connectivity index (χ3v) is 5.18. The first-order valence-corrected chi connectivity index (χ1v) is 9.27. The van der Waals surface area contributed by atoms with Gasteiger partial charge in [0.05, 0.1) is 0 Å². The molecule has 0 spiro atoms. The molecular weight excluding hydrogens is 326 g/mol. The minimum atomic E-state index is -1.01. The van der Waals surface area contributed by atoms with Gasteiger partial charge in [0.25, 0.3) is 0 Å². The maximum absolute atomic E-state index is 12.5. The van der Waals surface area contributed by atoms with Crippen molar-refractivity contribution >= 4 is 11.9 Å². The number of aliphatic carboxylic acids is 1. The molecular formula is C22H25NO3. The van der Waals surface area contributed by atoms with Crippen LogP contribution in [0.25, 0.3) is 0 Å². The van der Waals surface area contributed by atoms with Crippen LogP contribution in [0.1, 0.15) is 49.1 Å². The standard InChI is InChI=1S/C22H25NO3/c24-19(15-16-9-7-8-10-16)23-21(22(25)26)20(17-11-3-1-4-12-17)18-13-5-2-6-14-18/h1-6,11-14,16,20-21H,7-10,15H2,(H,23,24)(H,25,26)/t21-/m0/s1. The second-order valence-corrected chi connectivity index (χ2v) is 7.04. The lowest BCUT2D eigenvalue weighted by molar-refractivity contribution is -0.142. The summed E-state index contributed by atoms with van der Waals surface area (Å²) in [7, 11) is 0. The van der Waals surface area contributed by atoms with Gasteiger partial charge >= 0.3 is 5.97 Å². The number of nitrogens with one attached hydrogen (secondary N) is 1. The van der Waals surface area contributed by atoms with E-state index in [1.807, 2.05) is 60.7 Å². The van der Waals surface area contributed by atoms with E-state index >= 15 is 0 Å². The number of hydrogen-bond donors (Lipinski definition) is 2. The fraction of sp³-hybridized carbons (Fsp3) is 0.364. The highest BCUT2D eigenvalue weighted by Crippen LogP contribution is 2.30. The van der Waals surface area contributed by atoms with Crippen LogP contribution in [0.3, 0.4) is 0 Å². The number of carbonyl (C=O) groups is 2. The molecule has 1 saturated carbocycles. The lowest BCUT2D eigenvalue weighted by atomic mass is 9.84. The zero-order valence-corrected chi connectivity index (χ0v) is 14.8. The summed E-state index contributed by atoms with van der Waals surface area (Å²) in [5, 5.41) is 12.7. The number of carboxylic acids is 1. The monoisotopic (exact) mass is 351 g/mol. The van der Waals surface area contributed by atoms with E-state index in [9.17, 15) is 14.7 Å². The molecule has 2 aromatic carbocycles. The number of carboxylic acid groups (broad SMARTS) is 1. The minimum Gasteiger partial charge on any atom is -0.480 e. The molecule has 136 valence electrons. The zero-order chi connectivity index (χ0) is 18.4. The van der Waals surface area contributed by atoms with E-state index in [1.165, 1.54) is 0 Å². The number of benzene rings is 2. The first-order chi connectivity index (χ1) is 12.6.